The zero-order valence-corrected chi connectivity index (χ0v) is 11.6. The number of nitrogens with one attached hydrogen (secondary N) is 1. The molecule has 0 radical (unpaired) electrons. The monoisotopic (exact) mass is 281 g/mol. The lowest BCUT2D eigenvalue weighted by Crippen LogP contribution is -2.39. The molecular formula is C13H22ClF2NO. The van der Waals surface area contributed by atoms with Gasteiger partial charge in [-0.3, -0.25) is 4.79 Å². The summed E-state index contributed by atoms with van der Waals surface area (Å²) in [5, 5.41) is 2.80. The van der Waals surface area contributed by atoms with E-state index < -0.39 is 11.8 Å². The van der Waals surface area contributed by atoms with Gasteiger partial charge in [-0.15, -0.1) is 11.6 Å². The molecular weight excluding hydrogens is 260 g/mol. The molecule has 0 aromatic rings. The van der Waals surface area contributed by atoms with E-state index in [1.807, 2.05) is 6.92 Å². The van der Waals surface area contributed by atoms with Crippen molar-refractivity contribution < 1.29 is 13.6 Å². The Morgan fingerprint density at radius 3 is 2.83 bits per heavy atom. The summed E-state index contributed by atoms with van der Waals surface area (Å²) in [5.74, 6) is -2.50. The molecule has 18 heavy (non-hydrogen) atoms. The Bertz CT molecular complexity index is 274. The summed E-state index contributed by atoms with van der Waals surface area (Å²) in [6.45, 7) is 2.59. The van der Waals surface area contributed by atoms with Crippen molar-refractivity contribution in [2.24, 2.45) is 11.8 Å². The van der Waals surface area contributed by atoms with Crippen molar-refractivity contribution in [1.29, 1.82) is 0 Å². The fraction of sp³-hybridized carbons (Fsp3) is 0.923. The maximum Gasteiger partial charge on any atom is 0.248 e. The molecule has 0 aromatic carbocycles. The molecule has 0 heterocycles. The van der Waals surface area contributed by atoms with Gasteiger partial charge in [0, 0.05) is 31.2 Å². The highest BCUT2D eigenvalue weighted by Crippen LogP contribution is 2.36. The molecule has 0 spiro atoms. The molecule has 0 aromatic heterocycles. The van der Waals surface area contributed by atoms with Crippen LogP contribution in [0.15, 0.2) is 0 Å². The van der Waals surface area contributed by atoms with E-state index in [0.717, 1.165) is 12.8 Å². The molecule has 1 aliphatic rings. The van der Waals surface area contributed by atoms with Crippen molar-refractivity contribution in [3.05, 3.63) is 0 Å². The van der Waals surface area contributed by atoms with Gasteiger partial charge in [-0.05, 0) is 25.2 Å². The van der Waals surface area contributed by atoms with E-state index >= 15 is 0 Å². The number of carbonyl (C=O) groups is 1. The van der Waals surface area contributed by atoms with Gasteiger partial charge >= 0.3 is 0 Å². The number of amides is 1. The van der Waals surface area contributed by atoms with Gasteiger partial charge < -0.3 is 5.32 Å². The van der Waals surface area contributed by atoms with E-state index in [1.165, 1.54) is 0 Å². The summed E-state index contributed by atoms with van der Waals surface area (Å²) in [5.41, 5.74) is 0. The average molecular weight is 282 g/mol. The van der Waals surface area contributed by atoms with Crippen LogP contribution in [-0.2, 0) is 4.79 Å². The van der Waals surface area contributed by atoms with Crippen LogP contribution in [0.1, 0.15) is 45.4 Å². The fourth-order valence-corrected chi connectivity index (χ4v) is 2.70. The summed E-state index contributed by atoms with van der Waals surface area (Å²) in [7, 11) is 0. The van der Waals surface area contributed by atoms with Crippen molar-refractivity contribution in [3.8, 4) is 0 Å². The molecule has 2 unspecified atom stereocenters. The second-order valence-corrected chi connectivity index (χ2v) is 5.52. The molecule has 1 aliphatic carbocycles. The predicted molar refractivity (Wildman–Crippen MR) is 69.0 cm³/mol. The maximum absolute atomic E-state index is 13.2. The fourth-order valence-electron chi connectivity index (χ4n) is 2.39. The van der Waals surface area contributed by atoms with Gasteiger partial charge in [0.25, 0.3) is 0 Å². The number of rotatable bonds is 6. The summed E-state index contributed by atoms with van der Waals surface area (Å²) >= 11 is 5.66. The Morgan fingerprint density at radius 2 is 2.28 bits per heavy atom. The van der Waals surface area contributed by atoms with Gasteiger partial charge in [-0.1, -0.05) is 13.3 Å². The van der Waals surface area contributed by atoms with Gasteiger partial charge in [0.15, 0.2) is 0 Å². The first-order valence-corrected chi connectivity index (χ1v) is 7.23. The molecule has 2 nitrogen and oxygen atoms in total. The van der Waals surface area contributed by atoms with Gasteiger partial charge in [0.1, 0.15) is 0 Å². The Labute approximate surface area is 112 Å². The van der Waals surface area contributed by atoms with Crippen molar-refractivity contribution in [2.75, 3.05) is 12.4 Å². The van der Waals surface area contributed by atoms with E-state index in [9.17, 15) is 13.6 Å². The summed E-state index contributed by atoms with van der Waals surface area (Å²) in [6, 6.07) is 0. The molecule has 1 N–H and O–H groups in total. The zero-order chi connectivity index (χ0) is 13.6. The quantitative estimate of drug-likeness (QED) is 0.741. The molecule has 1 saturated carbocycles. The zero-order valence-electron chi connectivity index (χ0n) is 10.9. The number of carbonyl (C=O) groups excluding carboxylic acids is 1. The van der Waals surface area contributed by atoms with E-state index in [2.05, 4.69) is 5.32 Å². The lowest BCUT2D eigenvalue weighted by molar-refractivity contribution is -0.132. The normalized spacial score (nSPS) is 24.6. The first-order valence-electron chi connectivity index (χ1n) is 6.70. The first kappa shape index (κ1) is 15.7. The highest BCUT2D eigenvalue weighted by Gasteiger charge is 2.39. The van der Waals surface area contributed by atoms with Gasteiger partial charge in [-0.25, -0.2) is 8.78 Å². The van der Waals surface area contributed by atoms with Gasteiger partial charge in [0.05, 0.1) is 0 Å². The lowest BCUT2D eigenvalue weighted by Gasteiger charge is -2.28. The van der Waals surface area contributed by atoms with Crippen LogP contribution in [0.25, 0.3) is 0 Å². The van der Waals surface area contributed by atoms with Crippen LogP contribution in [-0.4, -0.2) is 24.3 Å². The minimum atomic E-state index is -2.67. The van der Waals surface area contributed by atoms with Crippen molar-refractivity contribution >= 4 is 17.5 Å². The number of alkyl halides is 3. The molecule has 1 fully saturated rings. The molecule has 106 valence electrons. The SMILES string of the molecule is CCC(CCCl)CNC(=O)C1CCCC(F)(F)C1. The average Bonchev–Trinajstić information content (AvgIpc) is 2.32. The molecule has 0 bridgehead atoms. The van der Waals surface area contributed by atoms with Crippen molar-refractivity contribution in [2.45, 2.75) is 51.4 Å². The third-order valence-corrected chi connectivity index (χ3v) is 3.89. The third-order valence-electron chi connectivity index (χ3n) is 3.67. The Kier molecular flexibility index (Phi) is 6.33. The Balaban J connectivity index is 2.36. The number of hydrogen-bond acceptors (Lipinski definition) is 1. The van der Waals surface area contributed by atoms with Crippen LogP contribution in [0.5, 0.6) is 0 Å². The highest BCUT2D eigenvalue weighted by molar-refractivity contribution is 6.17. The Morgan fingerprint density at radius 1 is 1.56 bits per heavy atom. The second-order valence-electron chi connectivity index (χ2n) is 5.15. The van der Waals surface area contributed by atoms with Crippen LogP contribution < -0.4 is 5.32 Å². The van der Waals surface area contributed by atoms with Crippen molar-refractivity contribution in [3.63, 3.8) is 0 Å². The van der Waals surface area contributed by atoms with Gasteiger partial charge in [0.2, 0.25) is 11.8 Å². The summed E-state index contributed by atoms with van der Waals surface area (Å²) in [6.07, 6.45) is 2.41. The molecule has 0 saturated heterocycles. The standard InChI is InChI=1S/C13H22ClF2NO/c1-2-10(5-7-14)9-17-12(18)11-4-3-6-13(15,16)8-11/h10-11H,2-9H2,1H3,(H,17,18). The molecule has 2 atom stereocenters. The van der Waals surface area contributed by atoms with Crippen LogP contribution in [0.4, 0.5) is 8.78 Å². The van der Waals surface area contributed by atoms with E-state index in [4.69, 9.17) is 11.6 Å². The lowest BCUT2D eigenvalue weighted by atomic mass is 9.86. The summed E-state index contributed by atoms with van der Waals surface area (Å²) in [4.78, 5) is 11.8. The minimum Gasteiger partial charge on any atom is -0.356 e. The predicted octanol–water partition coefficient (Wildman–Crippen LogP) is 3.58. The minimum absolute atomic E-state index is 0.0827. The molecule has 1 amide bonds. The van der Waals surface area contributed by atoms with E-state index in [1.54, 1.807) is 0 Å². The van der Waals surface area contributed by atoms with Crippen LogP contribution >= 0.6 is 11.6 Å². The third kappa shape index (κ3) is 5.09. The molecule has 5 heteroatoms. The van der Waals surface area contributed by atoms with Crippen LogP contribution in [0.2, 0.25) is 0 Å². The number of halogens is 3. The van der Waals surface area contributed by atoms with Crippen molar-refractivity contribution in [1.82, 2.24) is 5.32 Å². The smallest absolute Gasteiger partial charge is 0.248 e. The molecule has 0 aliphatic heterocycles. The first-order chi connectivity index (χ1) is 8.48. The summed E-state index contributed by atoms with van der Waals surface area (Å²) < 4.78 is 26.4. The molecule has 1 rings (SSSR count). The van der Waals surface area contributed by atoms with E-state index in [-0.39, 0.29) is 18.7 Å². The van der Waals surface area contributed by atoms with Gasteiger partial charge in [-0.2, -0.15) is 0 Å². The number of hydrogen-bond donors (Lipinski definition) is 1. The van der Waals surface area contributed by atoms with Crippen LogP contribution in [0.3, 0.4) is 0 Å². The van der Waals surface area contributed by atoms with Crippen LogP contribution in [0, 0.1) is 11.8 Å². The topological polar surface area (TPSA) is 29.1 Å². The maximum atomic E-state index is 13.2. The highest BCUT2D eigenvalue weighted by atomic mass is 35.5. The Hall–Kier alpha value is -0.380. The van der Waals surface area contributed by atoms with E-state index in [0.29, 0.717) is 31.2 Å². The second kappa shape index (κ2) is 7.27. The largest absolute Gasteiger partial charge is 0.356 e.